The van der Waals surface area contributed by atoms with Crippen molar-refractivity contribution in [2.45, 2.75) is 46.0 Å². The number of nitrogens with one attached hydrogen (secondary N) is 1. The van der Waals surface area contributed by atoms with Crippen molar-refractivity contribution in [2.75, 3.05) is 6.54 Å². The van der Waals surface area contributed by atoms with Crippen molar-refractivity contribution in [3.8, 4) is 0 Å². The molecule has 0 heterocycles. The Morgan fingerprint density at radius 2 is 1.80 bits per heavy atom. The third kappa shape index (κ3) is 3.69. The van der Waals surface area contributed by atoms with Gasteiger partial charge in [0, 0.05) is 11.5 Å². The standard InChI is InChI=1S/C17H23NO2/c1-12-8-9-15(10-13(12)2)16(19)11-18-17(20)14-6-4-3-5-7-14/h8-10,14H,3-7,11H2,1-2H3,(H,18,20). The molecule has 1 aromatic carbocycles. The monoisotopic (exact) mass is 273 g/mol. The minimum Gasteiger partial charge on any atom is -0.348 e. The molecule has 0 atom stereocenters. The van der Waals surface area contributed by atoms with Crippen molar-refractivity contribution in [1.29, 1.82) is 0 Å². The Morgan fingerprint density at radius 1 is 1.10 bits per heavy atom. The van der Waals surface area contributed by atoms with E-state index in [0.717, 1.165) is 31.2 Å². The number of carbonyl (C=O) groups is 2. The van der Waals surface area contributed by atoms with Crippen LogP contribution in [0.3, 0.4) is 0 Å². The van der Waals surface area contributed by atoms with Gasteiger partial charge in [-0.2, -0.15) is 0 Å². The van der Waals surface area contributed by atoms with Gasteiger partial charge in [0.15, 0.2) is 5.78 Å². The van der Waals surface area contributed by atoms with E-state index in [4.69, 9.17) is 0 Å². The van der Waals surface area contributed by atoms with Crippen LogP contribution < -0.4 is 5.32 Å². The van der Waals surface area contributed by atoms with Crippen LogP contribution in [0, 0.1) is 19.8 Å². The molecule has 0 bridgehead atoms. The van der Waals surface area contributed by atoms with Crippen LogP contribution in [0.2, 0.25) is 0 Å². The van der Waals surface area contributed by atoms with E-state index in [0.29, 0.717) is 5.56 Å². The van der Waals surface area contributed by atoms with Gasteiger partial charge in [0.25, 0.3) is 0 Å². The fourth-order valence-corrected chi connectivity index (χ4v) is 2.69. The maximum absolute atomic E-state index is 12.1. The fraction of sp³-hybridized carbons (Fsp3) is 0.529. The smallest absolute Gasteiger partial charge is 0.223 e. The Hall–Kier alpha value is -1.64. The van der Waals surface area contributed by atoms with Crippen LogP contribution in [0.1, 0.15) is 53.6 Å². The zero-order valence-electron chi connectivity index (χ0n) is 12.4. The van der Waals surface area contributed by atoms with Crippen LogP contribution in [-0.4, -0.2) is 18.2 Å². The zero-order chi connectivity index (χ0) is 14.5. The quantitative estimate of drug-likeness (QED) is 0.856. The van der Waals surface area contributed by atoms with E-state index in [-0.39, 0.29) is 24.2 Å². The Kier molecular flexibility index (Phi) is 4.94. The highest BCUT2D eigenvalue weighted by Gasteiger charge is 2.21. The molecule has 1 fully saturated rings. The van der Waals surface area contributed by atoms with E-state index >= 15 is 0 Å². The van der Waals surface area contributed by atoms with E-state index in [1.54, 1.807) is 0 Å². The summed E-state index contributed by atoms with van der Waals surface area (Å²) in [5, 5.41) is 2.80. The molecule has 0 spiro atoms. The molecule has 0 radical (unpaired) electrons. The summed E-state index contributed by atoms with van der Waals surface area (Å²) in [5.41, 5.74) is 2.96. The molecule has 1 aliphatic rings. The lowest BCUT2D eigenvalue weighted by molar-refractivity contribution is -0.125. The van der Waals surface area contributed by atoms with E-state index in [1.807, 2.05) is 32.0 Å². The predicted molar refractivity (Wildman–Crippen MR) is 79.8 cm³/mol. The van der Waals surface area contributed by atoms with Gasteiger partial charge < -0.3 is 5.32 Å². The van der Waals surface area contributed by atoms with Crippen molar-refractivity contribution >= 4 is 11.7 Å². The van der Waals surface area contributed by atoms with Crippen molar-refractivity contribution in [1.82, 2.24) is 5.32 Å². The Labute approximate surface area is 120 Å². The first-order valence-corrected chi connectivity index (χ1v) is 7.46. The summed E-state index contributed by atoms with van der Waals surface area (Å²) in [6.07, 6.45) is 5.41. The fourth-order valence-electron chi connectivity index (χ4n) is 2.69. The largest absolute Gasteiger partial charge is 0.348 e. The number of carbonyl (C=O) groups excluding carboxylic acids is 2. The first kappa shape index (κ1) is 14.8. The predicted octanol–water partition coefficient (Wildman–Crippen LogP) is 3.18. The van der Waals surface area contributed by atoms with E-state index in [9.17, 15) is 9.59 Å². The number of rotatable bonds is 4. The summed E-state index contributed by atoms with van der Waals surface area (Å²) in [4.78, 5) is 24.1. The molecule has 0 aliphatic heterocycles. The molecule has 3 heteroatoms. The lowest BCUT2D eigenvalue weighted by Crippen LogP contribution is -2.35. The van der Waals surface area contributed by atoms with E-state index in [2.05, 4.69) is 5.32 Å². The lowest BCUT2D eigenvalue weighted by atomic mass is 9.88. The number of hydrogen-bond acceptors (Lipinski definition) is 2. The Bertz CT molecular complexity index is 502. The zero-order valence-corrected chi connectivity index (χ0v) is 12.4. The number of amides is 1. The second-order valence-corrected chi connectivity index (χ2v) is 5.77. The second-order valence-electron chi connectivity index (χ2n) is 5.77. The van der Waals surface area contributed by atoms with Crippen molar-refractivity contribution in [3.05, 3.63) is 34.9 Å². The van der Waals surface area contributed by atoms with Crippen LogP contribution in [0.15, 0.2) is 18.2 Å². The summed E-state index contributed by atoms with van der Waals surface area (Å²) in [5.74, 6) is 0.135. The molecule has 1 N–H and O–H groups in total. The highest BCUT2D eigenvalue weighted by molar-refractivity contribution is 5.99. The summed E-state index contributed by atoms with van der Waals surface area (Å²) in [6, 6.07) is 5.67. The third-order valence-corrected chi connectivity index (χ3v) is 4.23. The highest BCUT2D eigenvalue weighted by atomic mass is 16.2. The highest BCUT2D eigenvalue weighted by Crippen LogP contribution is 2.23. The van der Waals surface area contributed by atoms with Gasteiger partial charge in [0.05, 0.1) is 6.54 Å². The van der Waals surface area contributed by atoms with Crippen molar-refractivity contribution in [2.24, 2.45) is 5.92 Å². The van der Waals surface area contributed by atoms with Gasteiger partial charge in [0.2, 0.25) is 5.91 Å². The average molecular weight is 273 g/mol. The molecule has 1 saturated carbocycles. The maximum atomic E-state index is 12.1. The minimum absolute atomic E-state index is 0.0164. The molecule has 1 amide bonds. The van der Waals surface area contributed by atoms with Gasteiger partial charge in [0.1, 0.15) is 0 Å². The van der Waals surface area contributed by atoms with E-state index in [1.165, 1.54) is 12.0 Å². The maximum Gasteiger partial charge on any atom is 0.223 e. The summed E-state index contributed by atoms with van der Waals surface area (Å²) >= 11 is 0. The normalized spacial score (nSPS) is 15.9. The molecule has 20 heavy (non-hydrogen) atoms. The number of ketones is 1. The van der Waals surface area contributed by atoms with Gasteiger partial charge in [-0.05, 0) is 43.9 Å². The third-order valence-electron chi connectivity index (χ3n) is 4.23. The van der Waals surface area contributed by atoms with Crippen LogP contribution in [-0.2, 0) is 4.79 Å². The first-order chi connectivity index (χ1) is 9.58. The molecule has 1 aliphatic carbocycles. The van der Waals surface area contributed by atoms with Crippen molar-refractivity contribution in [3.63, 3.8) is 0 Å². The molecular weight excluding hydrogens is 250 g/mol. The van der Waals surface area contributed by atoms with Crippen LogP contribution in [0.25, 0.3) is 0 Å². The molecule has 0 saturated heterocycles. The SMILES string of the molecule is Cc1ccc(C(=O)CNC(=O)C2CCCCC2)cc1C. The van der Waals surface area contributed by atoms with Crippen LogP contribution in [0.5, 0.6) is 0 Å². The topological polar surface area (TPSA) is 46.2 Å². The molecule has 0 aromatic heterocycles. The molecule has 1 aromatic rings. The molecule has 3 nitrogen and oxygen atoms in total. The molecule has 2 rings (SSSR count). The lowest BCUT2D eigenvalue weighted by Gasteiger charge is -2.20. The number of benzene rings is 1. The number of hydrogen-bond donors (Lipinski definition) is 1. The first-order valence-electron chi connectivity index (χ1n) is 7.46. The summed E-state index contributed by atoms with van der Waals surface area (Å²) in [6.45, 7) is 4.12. The van der Waals surface area contributed by atoms with Gasteiger partial charge in [-0.1, -0.05) is 31.4 Å². The van der Waals surface area contributed by atoms with Crippen LogP contribution >= 0.6 is 0 Å². The van der Waals surface area contributed by atoms with E-state index < -0.39 is 0 Å². The van der Waals surface area contributed by atoms with Gasteiger partial charge in [-0.25, -0.2) is 0 Å². The number of aryl methyl sites for hydroxylation is 2. The molecule has 0 unspecified atom stereocenters. The molecule has 108 valence electrons. The van der Waals surface area contributed by atoms with Crippen molar-refractivity contribution < 1.29 is 9.59 Å². The summed E-state index contributed by atoms with van der Waals surface area (Å²) in [7, 11) is 0. The average Bonchev–Trinajstić information content (AvgIpc) is 2.48. The van der Waals surface area contributed by atoms with Gasteiger partial charge in [-0.3, -0.25) is 9.59 Å². The summed E-state index contributed by atoms with van der Waals surface area (Å²) < 4.78 is 0. The molecular formula is C17H23NO2. The van der Waals surface area contributed by atoms with Crippen LogP contribution in [0.4, 0.5) is 0 Å². The van der Waals surface area contributed by atoms with Gasteiger partial charge >= 0.3 is 0 Å². The Balaban J connectivity index is 1.88. The minimum atomic E-state index is -0.0164. The second kappa shape index (κ2) is 6.69. The Morgan fingerprint density at radius 3 is 2.45 bits per heavy atom. The number of Topliss-reactive ketones (excluding diaryl/α,β-unsaturated/α-hetero) is 1. The van der Waals surface area contributed by atoms with Gasteiger partial charge in [-0.15, -0.1) is 0 Å².